The third-order valence-corrected chi connectivity index (χ3v) is 3.87. The van der Waals surface area contributed by atoms with Gasteiger partial charge in [0, 0.05) is 12.0 Å². The Labute approximate surface area is 132 Å². The van der Waals surface area contributed by atoms with Crippen molar-refractivity contribution in [3.05, 3.63) is 64.1 Å². The molecule has 3 nitrogen and oxygen atoms in total. The first-order chi connectivity index (χ1) is 10.2. The van der Waals surface area contributed by atoms with Crippen LogP contribution in [0.2, 0.25) is 0 Å². The van der Waals surface area contributed by atoms with Gasteiger partial charge in [-0.25, -0.2) is 0 Å². The summed E-state index contributed by atoms with van der Waals surface area (Å²) in [7, 11) is 1.57. The van der Waals surface area contributed by atoms with Crippen molar-refractivity contribution in [3.63, 3.8) is 0 Å². The van der Waals surface area contributed by atoms with Crippen molar-refractivity contribution in [2.45, 2.75) is 12.3 Å². The summed E-state index contributed by atoms with van der Waals surface area (Å²) < 4.78 is 5.88. The Morgan fingerprint density at radius 2 is 2.00 bits per heavy atom. The molecule has 0 saturated carbocycles. The van der Waals surface area contributed by atoms with Crippen LogP contribution in [0.4, 0.5) is 0 Å². The number of ether oxygens (including phenoxy) is 1. The quantitative estimate of drug-likeness (QED) is 0.758. The summed E-state index contributed by atoms with van der Waals surface area (Å²) in [5, 5.41) is 9.00. The van der Waals surface area contributed by atoms with Gasteiger partial charge in [0.05, 0.1) is 23.6 Å². The molecule has 4 heteroatoms. The van der Waals surface area contributed by atoms with E-state index in [1.165, 1.54) is 0 Å². The van der Waals surface area contributed by atoms with Crippen molar-refractivity contribution in [1.82, 2.24) is 0 Å². The van der Waals surface area contributed by atoms with Crippen molar-refractivity contribution in [2.75, 3.05) is 7.11 Å². The number of benzene rings is 2. The molecule has 106 valence electrons. The highest BCUT2D eigenvalue weighted by atomic mass is 79.9. The summed E-state index contributed by atoms with van der Waals surface area (Å²) in [5.41, 5.74) is 1.42. The van der Waals surface area contributed by atoms with E-state index in [-0.39, 0.29) is 12.2 Å². The number of ketones is 1. The first kappa shape index (κ1) is 15.3. The number of methoxy groups -OCH3 is 1. The minimum absolute atomic E-state index is 0.0638. The van der Waals surface area contributed by atoms with Crippen LogP contribution >= 0.6 is 15.9 Å². The van der Waals surface area contributed by atoms with Crippen LogP contribution < -0.4 is 4.74 Å². The minimum Gasteiger partial charge on any atom is -0.496 e. The molecule has 1 unspecified atom stereocenters. The van der Waals surface area contributed by atoms with Gasteiger partial charge in [-0.1, -0.05) is 30.3 Å². The van der Waals surface area contributed by atoms with E-state index >= 15 is 0 Å². The summed E-state index contributed by atoms with van der Waals surface area (Å²) in [4.78, 5) is 12.7. The molecule has 0 aliphatic heterocycles. The van der Waals surface area contributed by atoms with Crippen LogP contribution in [-0.4, -0.2) is 12.9 Å². The number of rotatable bonds is 5. The first-order valence-corrected chi connectivity index (χ1v) is 7.26. The average molecular weight is 344 g/mol. The fourth-order valence-electron chi connectivity index (χ4n) is 2.16. The molecule has 0 heterocycles. The van der Waals surface area contributed by atoms with Crippen LogP contribution in [0.15, 0.2) is 53.0 Å². The fraction of sp³-hybridized carbons (Fsp3) is 0.176. The van der Waals surface area contributed by atoms with E-state index in [1.54, 1.807) is 25.3 Å². The molecule has 0 aromatic heterocycles. The monoisotopic (exact) mass is 343 g/mol. The number of halogens is 1. The lowest BCUT2D eigenvalue weighted by Gasteiger charge is -2.14. The first-order valence-electron chi connectivity index (χ1n) is 6.47. The number of carbonyl (C=O) groups is 1. The van der Waals surface area contributed by atoms with Gasteiger partial charge in [0.2, 0.25) is 0 Å². The predicted molar refractivity (Wildman–Crippen MR) is 84.4 cm³/mol. The molecule has 0 aliphatic carbocycles. The van der Waals surface area contributed by atoms with Crippen molar-refractivity contribution in [1.29, 1.82) is 5.26 Å². The Bertz CT molecular complexity index is 677. The van der Waals surface area contributed by atoms with Crippen LogP contribution in [0, 0.1) is 11.3 Å². The molecule has 0 fully saturated rings. The lowest BCUT2D eigenvalue weighted by atomic mass is 9.88. The Morgan fingerprint density at radius 3 is 2.57 bits per heavy atom. The molecule has 0 saturated heterocycles. The maximum Gasteiger partial charge on any atom is 0.171 e. The van der Waals surface area contributed by atoms with Crippen LogP contribution in [0.25, 0.3) is 0 Å². The Hall–Kier alpha value is -2.12. The minimum atomic E-state index is -0.448. The molecule has 2 aromatic rings. The van der Waals surface area contributed by atoms with E-state index in [2.05, 4.69) is 22.0 Å². The number of nitrogens with zero attached hydrogens (tertiary/aromatic N) is 1. The molecule has 21 heavy (non-hydrogen) atoms. The van der Waals surface area contributed by atoms with Gasteiger partial charge in [0.15, 0.2) is 5.78 Å². The van der Waals surface area contributed by atoms with Crippen molar-refractivity contribution >= 4 is 21.7 Å². The van der Waals surface area contributed by atoms with Crippen molar-refractivity contribution < 1.29 is 9.53 Å². The summed E-state index contributed by atoms with van der Waals surface area (Å²) in [6.07, 6.45) is 0.159. The average Bonchev–Trinajstić information content (AvgIpc) is 2.52. The number of carbonyl (C=O) groups excluding carboxylic acids is 1. The second-order valence-electron chi connectivity index (χ2n) is 4.54. The van der Waals surface area contributed by atoms with Gasteiger partial charge in [0.1, 0.15) is 5.75 Å². The topological polar surface area (TPSA) is 50.1 Å². The summed E-state index contributed by atoms with van der Waals surface area (Å²) >= 11 is 3.38. The fourth-order valence-corrected chi connectivity index (χ4v) is 2.70. The van der Waals surface area contributed by atoms with Gasteiger partial charge in [0.25, 0.3) is 0 Å². The smallest absolute Gasteiger partial charge is 0.171 e. The zero-order chi connectivity index (χ0) is 15.2. The Balaban J connectivity index is 2.35. The highest BCUT2D eigenvalue weighted by molar-refractivity contribution is 9.10. The molecular weight excluding hydrogens is 330 g/mol. The highest BCUT2D eigenvalue weighted by Gasteiger charge is 2.22. The zero-order valence-electron chi connectivity index (χ0n) is 11.5. The van der Waals surface area contributed by atoms with Gasteiger partial charge in [-0.15, -0.1) is 0 Å². The van der Waals surface area contributed by atoms with E-state index in [4.69, 9.17) is 10.00 Å². The molecule has 0 aliphatic rings. The van der Waals surface area contributed by atoms with Gasteiger partial charge in [-0.2, -0.15) is 5.26 Å². The van der Waals surface area contributed by atoms with Crippen LogP contribution in [0.3, 0.4) is 0 Å². The second-order valence-corrected chi connectivity index (χ2v) is 5.39. The normalized spacial score (nSPS) is 11.5. The molecular formula is C17H14BrNO2. The lowest BCUT2D eigenvalue weighted by molar-refractivity contribution is 0.0960. The maximum absolute atomic E-state index is 12.7. The molecule has 2 rings (SSSR count). The Kier molecular flexibility index (Phi) is 5.13. The summed E-state index contributed by atoms with van der Waals surface area (Å²) in [6.45, 7) is 0. The van der Waals surface area contributed by atoms with Crippen molar-refractivity contribution in [3.8, 4) is 11.8 Å². The SMILES string of the molecule is COc1ccc(C(=O)C(CC#N)c2ccccc2)cc1Br. The second kappa shape index (κ2) is 7.05. The van der Waals surface area contributed by atoms with E-state index in [0.29, 0.717) is 11.3 Å². The molecule has 0 radical (unpaired) electrons. The molecule has 1 atom stereocenters. The third-order valence-electron chi connectivity index (χ3n) is 3.25. The van der Waals surface area contributed by atoms with E-state index in [1.807, 2.05) is 30.3 Å². The maximum atomic E-state index is 12.7. The van der Waals surface area contributed by atoms with Crippen LogP contribution in [-0.2, 0) is 0 Å². The third kappa shape index (κ3) is 3.50. The molecule has 0 N–H and O–H groups in total. The Morgan fingerprint density at radius 1 is 1.29 bits per heavy atom. The van der Waals surface area contributed by atoms with Crippen LogP contribution in [0.1, 0.15) is 28.3 Å². The zero-order valence-corrected chi connectivity index (χ0v) is 13.1. The van der Waals surface area contributed by atoms with Gasteiger partial charge < -0.3 is 4.74 Å². The number of hydrogen-bond acceptors (Lipinski definition) is 3. The summed E-state index contributed by atoms with van der Waals surface area (Å²) in [6, 6.07) is 16.7. The molecule has 2 aromatic carbocycles. The molecule has 0 bridgehead atoms. The number of hydrogen-bond donors (Lipinski definition) is 0. The number of nitriles is 1. The molecule has 0 spiro atoms. The largest absolute Gasteiger partial charge is 0.496 e. The van der Waals surface area contributed by atoms with E-state index in [9.17, 15) is 4.79 Å². The molecule has 0 amide bonds. The van der Waals surface area contributed by atoms with Gasteiger partial charge >= 0.3 is 0 Å². The standard InChI is InChI=1S/C17H14BrNO2/c1-21-16-8-7-13(11-15(16)18)17(20)14(9-10-19)12-5-3-2-4-6-12/h2-8,11,14H,9H2,1H3. The summed E-state index contributed by atoms with van der Waals surface area (Å²) in [5.74, 6) is 0.158. The van der Waals surface area contributed by atoms with Gasteiger partial charge in [-0.3, -0.25) is 4.79 Å². The van der Waals surface area contributed by atoms with Gasteiger partial charge in [-0.05, 0) is 39.7 Å². The van der Waals surface area contributed by atoms with Crippen molar-refractivity contribution in [2.24, 2.45) is 0 Å². The van der Waals surface area contributed by atoms with Crippen LogP contribution in [0.5, 0.6) is 5.75 Å². The number of Topliss-reactive ketones (excluding diaryl/α,β-unsaturated/α-hetero) is 1. The lowest BCUT2D eigenvalue weighted by Crippen LogP contribution is -2.12. The van der Waals surface area contributed by atoms with E-state index in [0.717, 1.165) is 10.0 Å². The van der Waals surface area contributed by atoms with E-state index < -0.39 is 5.92 Å². The predicted octanol–water partition coefficient (Wildman–Crippen LogP) is 4.34. The highest BCUT2D eigenvalue weighted by Crippen LogP contribution is 2.29.